The lowest BCUT2D eigenvalue weighted by atomic mass is 10.1. The summed E-state index contributed by atoms with van der Waals surface area (Å²) < 4.78 is 5.68. The highest BCUT2D eigenvalue weighted by Crippen LogP contribution is 2.32. The first-order chi connectivity index (χ1) is 8.72. The highest BCUT2D eigenvalue weighted by molar-refractivity contribution is 5.14. The van der Waals surface area contributed by atoms with Gasteiger partial charge in [-0.1, -0.05) is 30.3 Å². The molecule has 0 amide bonds. The molecule has 0 saturated heterocycles. The number of aliphatic hydroxyl groups is 2. The zero-order valence-corrected chi connectivity index (χ0v) is 10.7. The summed E-state index contributed by atoms with van der Waals surface area (Å²) in [6.07, 6.45) is 4.73. The molecule has 1 saturated carbocycles. The van der Waals surface area contributed by atoms with Crippen molar-refractivity contribution in [1.29, 1.82) is 0 Å². The SMILES string of the molecule is OC[C@H](CCc1ccccc1)OC1(O)CCCC1. The molecule has 1 aliphatic rings. The number of hydrogen-bond acceptors (Lipinski definition) is 3. The van der Waals surface area contributed by atoms with Crippen LogP contribution in [0.15, 0.2) is 30.3 Å². The van der Waals surface area contributed by atoms with Crippen molar-refractivity contribution in [2.45, 2.75) is 50.4 Å². The third-order valence-corrected chi connectivity index (χ3v) is 3.57. The van der Waals surface area contributed by atoms with Crippen molar-refractivity contribution >= 4 is 0 Å². The van der Waals surface area contributed by atoms with Crippen molar-refractivity contribution in [3.63, 3.8) is 0 Å². The Morgan fingerprint density at radius 3 is 2.44 bits per heavy atom. The van der Waals surface area contributed by atoms with Crippen molar-refractivity contribution in [3.8, 4) is 0 Å². The van der Waals surface area contributed by atoms with Gasteiger partial charge in [0.05, 0.1) is 12.7 Å². The molecule has 0 spiro atoms. The Morgan fingerprint density at radius 2 is 1.83 bits per heavy atom. The molecule has 1 fully saturated rings. The lowest BCUT2D eigenvalue weighted by Crippen LogP contribution is -2.35. The summed E-state index contributed by atoms with van der Waals surface area (Å²) in [5.41, 5.74) is 1.23. The van der Waals surface area contributed by atoms with Gasteiger partial charge in [-0.25, -0.2) is 0 Å². The molecule has 3 nitrogen and oxygen atoms in total. The predicted molar refractivity (Wildman–Crippen MR) is 70.1 cm³/mol. The van der Waals surface area contributed by atoms with Crippen molar-refractivity contribution in [2.24, 2.45) is 0 Å². The van der Waals surface area contributed by atoms with E-state index >= 15 is 0 Å². The third kappa shape index (κ3) is 3.80. The maximum atomic E-state index is 10.2. The van der Waals surface area contributed by atoms with Gasteiger partial charge in [-0.3, -0.25) is 0 Å². The molecule has 1 atom stereocenters. The van der Waals surface area contributed by atoms with Gasteiger partial charge in [0, 0.05) is 12.8 Å². The Labute approximate surface area is 108 Å². The van der Waals surface area contributed by atoms with E-state index in [1.807, 2.05) is 18.2 Å². The van der Waals surface area contributed by atoms with Gasteiger partial charge < -0.3 is 14.9 Å². The minimum atomic E-state index is -0.996. The van der Waals surface area contributed by atoms with E-state index in [1.54, 1.807) is 0 Å². The number of hydrogen-bond donors (Lipinski definition) is 2. The van der Waals surface area contributed by atoms with E-state index in [2.05, 4.69) is 12.1 Å². The highest BCUT2D eigenvalue weighted by atomic mass is 16.6. The van der Waals surface area contributed by atoms with Crippen LogP contribution in [0.5, 0.6) is 0 Å². The van der Waals surface area contributed by atoms with Gasteiger partial charge in [-0.2, -0.15) is 0 Å². The van der Waals surface area contributed by atoms with E-state index in [9.17, 15) is 10.2 Å². The van der Waals surface area contributed by atoms with Crippen molar-refractivity contribution in [1.82, 2.24) is 0 Å². The molecule has 1 aromatic carbocycles. The quantitative estimate of drug-likeness (QED) is 0.761. The Morgan fingerprint density at radius 1 is 1.17 bits per heavy atom. The zero-order chi connectivity index (χ0) is 12.8. The Hall–Kier alpha value is -0.900. The van der Waals surface area contributed by atoms with Gasteiger partial charge in [0.2, 0.25) is 0 Å². The van der Waals surface area contributed by atoms with Crippen LogP contribution in [0.1, 0.15) is 37.7 Å². The van der Waals surface area contributed by atoms with Crippen LogP contribution in [0.3, 0.4) is 0 Å². The van der Waals surface area contributed by atoms with E-state index in [1.165, 1.54) is 5.56 Å². The molecule has 0 aliphatic heterocycles. The number of aryl methyl sites for hydroxylation is 1. The van der Waals surface area contributed by atoms with Gasteiger partial charge in [0.15, 0.2) is 5.79 Å². The highest BCUT2D eigenvalue weighted by Gasteiger charge is 2.34. The molecule has 100 valence electrons. The summed E-state index contributed by atoms with van der Waals surface area (Å²) >= 11 is 0. The van der Waals surface area contributed by atoms with Crippen LogP contribution in [-0.2, 0) is 11.2 Å². The number of ether oxygens (including phenoxy) is 1. The van der Waals surface area contributed by atoms with Crippen molar-refractivity contribution < 1.29 is 14.9 Å². The minimum Gasteiger partial charge on any atom is -0.394 e. The molecule has 1 aliphatic carbocycles. The number of aliphatic hydroxyl groups excluding tert-OH is 1. The second-order valence-corrected chi connectivity index (χ2v) is 5.10. The van der Waals surface area contributed by atoms with E-state index in [-0.39, 0.29) is 12.7 Å². The average Bonchev–Trinajstić information content (AvgIpc) is 2.82. The number of rotatable bonds is 6. The van der Waals surface area contributed by atoms with E-state index in [0.29, 0.717) is 12.8 Å². The fourth-order valence-electron chi connectivity index (χ4n) is 2.52. The Kier molecular flexibility index (Phi) is 4.75. The first kappa shape index (κ1) is 13.5. The molecular formula is C15H22O3. The van der Waals surface area contributed by atoms with Gasteiger partial charge >= 0.3 is 0 Å². The fraction of sp³-hybridized carbons (Fsp3) is 0.600. The molecule has 0 unspecified atom stereocenters. The zero-order valence-electron chi connectivity index (χ0n) is 10.7. The van der Waals surface area contributed by atoms with Crippen molar-refractivity contribution in [3.05, 3.63) is 35.9 Å². The summed E-state index contributed by atoms with van der Waals surface area (Å²) in [4.78, 5) is 0. The van der Waals surface area contributed by atoms with E-state index in [4.69, 9.17) is 4.74 Å². The molecule has 18 heavy (non-hydrogen) atoms. The topological polar surface area (TPSA) is 49.7 Å². The molecule has 0 bridgehead atoms. The summed E-state index contributed by atoms with van der Waals surface area (Å²) in [5, 5.41) is 19.5. The molecule has 3 heteroatoms. The molecule has 2 N–H and O–H groups in total. The lowest BCUT2D eigenvalue weighted by molar-refractivity contribution is -0.231. The maximum absolute atomic E-state index is 10.2. The van der Waals surface area contributed by atoms with Crippen molar-refractivity contribution in [2.75, 3.05) is 6.61 Å². The first-order valence-electron chi connectivity index (χ1n) is 6.77. The van der Waals surface area contributed by atoms with Crippen LogP contribution >= 0.6 is 0 Å². The van der Waals surface area contributed by atoms with Crippen LogP contribution in [0.25, 0.3) is 0 Å². The van der Waals surface area contributed by atoms with Crippen LogP contribution in [0.4, 0.5) is 0 Å². The summed E-state index contributed by atoms with van der Waals surface area (Å²) in [5.74, 6) is -0.996. The standard InChI is InChI=1S/C15H22O3/c16-12-14(18-15(17)10-4-5-11-15)9-8-13-6-2-1-3-7-13/h1-3,6-7,14,16-17H,4-5,8-12H2/t14-/m0/s1. The van der Waals surface area contributed by atoms with E-state index in [0.717, 1.165) is 25.7 Å². The molecule has 0 aromatic heterocycles. The Balaban J connectivity index is 1.82. The predicted octanol–water partition coefficient (Wildman–Crippen LogP) is 2.26. The number of benzene rings is 1. The molecule has 0 heterocycles. The van der Waals surface area contributed by atoms with Gasteiger partial charge in [-0.05, 0) is 31.2 Å². The Bertz CT molecular complexity index is 344. The van der Waals surface area contributed by atoms with Gasteiger partial charge in [-0.15, -0.1) is 0 Å². The first-order valence-corrected chi connectivity index (χ1v) is 6.77. The minimum absolute atomic E-state index is 0.0326. The molecule has 2 rings (SSSR count). The second kappa shape index (κ2) is 6.32. The molecule has 1 aromatic rings. The summed E-state index contributed by atoms with van der Waals surface area (Å²) in [6.45, 7) is -0.0326. The van der Waals surface area contributed by atoms with Crippen LogP contribution in [0, 0.1) is 0 Å². The second-order valence-electron chi connectivity index (χ2n) is 5.10. The molecule has 0 radical (unpaired) electrons. The fourth-order valence-corrected chi connectivity index (χ4v) is 2.52. The van der Waals surface area contributed by atoms with Gasteiger partial charge in [0.25, 0.3) is 0 Å². The summed E-state index contributed by atoms with van der Waals surface area (Å²) in [7, 11) is 0. The largest absolute Gasteiger partial charge is 0.394 e. The average molecular weight is 250 g/mol. The normalized spacial score (nSPS) is 19.9. The van der Waals surface area contributed by atoms with Crippen LogP contribution in [0.2, 0.25) is 0 Å². The third-order valence-electron chi connectivity index (χ3n) is 3.57. The van der Waals surface area contributed by atoms with Crippen LogP contribution in [-0.4, -0.2) is 28.7 Å². The van der Waals surface area contributed by atoms with Gasteiger partial charge in [0.1, 0.15) is 0 Å². The smallest absolute Gasteiger partial charge is 0.165 e. The van der Waals surface area contributed by atoms with Crippen LogP contribution < -0.4 is 0 Å². The van der Waals surface area contributed by atoms with E-state index < -0.39 is 5.79 Å². The maximum Gasteiger partial charge on any atom is 0.165 e. The monoisotopic (exact) mass is 250 g/mol. The summed E-state index contributed by atoms with van der Waals surface area (Å²) in [6, 6.07) is 10.1. The molecular weight excluding hydrogens is 228 g/mol. The lowest BCUT2D eigenvalue weighted by Gasteiger charge is -2.28.